The summed E-state index contributed by atoms with van der Waals surface area (Å²) in [6, 6.07) is 7.90. The van der Waals surface area contributed by atoms with E-state index in [2.05, 4.69) is 168 Å². The van der Waals surface area contributed by atoms with Crippen LogP contribution in [0.4, 0.5) is 0 Å². The molecule has 0 bridgehead atoms. The summed E-state index contributed by atoms with van der Waals surface area (Å²) in [7, 11) is -1.62. The van der Waals surface area contributed by atoms with E-state index in [1.807, 2.05) is 31.2 Å². The molecule has 0 unspecified atom stereocenters. The summed E-state index contributed by atoms with van der Waals surface area (Å²) in [6.45, 7) is 52.8. The van der Waals surface area contributed by atoms with Gasteiger partial charge >= 0.3 is 0 Å². The van der Waals surface area contributed by atoms with Crippen molar-refractivity contribution in [1.82, 2.24) is 0 Å². The smallest absolute Gasteiger partial charge is 0.195 e. The lowest BCUT2D eigenvalue weighted by molar-refractivity contribution is -0.237. The second-order valence-corrected chi connectivity index (χ2v) is 40.8. The topological polar surface area (TPSA) is 109 Å². The molecule has 14 atom stereocenters. The highest BCUT2D eigenvalue weighted by Gasteiger charge is 2.51. The standard InChI is InChI=1S/C59H110O11Si3/c1-40(34-43(4)54(68-71(21,22)57(9,10)11)46(7)53(44(5)36-60)64-37-48-28-31-49(63-20)32-29-48)33-42(3)52(66-39-62-19)41(2)27-30-50(65-38-61-18)35-51-45(6)55(69-72(23,24)58(12,13)14)47(8)56(67-51)70-73(25,26)59(15,16)17/h27-33,36,41-47,50-56H,34-35,37-39H2,1-26H3/b30-27-,40-33-/t41-,42-,43-,44-,45-,46+,47+,50+,51-,52-,53-,54+,55-,56+/m0/s1. The van der Waals surface area contributed by atoms with Crippen LogP contribution in [0.5, 0.6) is 5.75 Å². The van der Waals surface area contributed by atoms with E-state index >= 15 is 0 Å². The van der Waals surface area contributed by atoms with E-state index in [9.17, 15) is 4.79 Å². The molecular formula is C59H110O11Si3. The van der Waals surface area contributed by atoms with Crippen molar-refractivity contribution in [2.75, 3.05) is 34.9 Å². The summed E-state index contributed by atoms with van der Waals surface area (Å²) < 4.78 is 64.9. The number of methoxy groups -OCH3 is 3. The van der Waals surface area contributed by atoms with Gasteiger partial charge in [-0.05, 0) is 91.4 Å². The first kappa shape index (κ1) is 67.6. The normalized spacial score (nSPS) is 23.9. The van der Waals surface area contributed by atoms with Crippen LogP contribution in [0.1, 0.15) is 136 Å². The van der Waals surface area contributed by atoms with Gasteiger partial charge in [0.15, 0.2) is 31.2 Å². The van der Waals surface area contributed by atoms with Crippen molar-refractivity contribution in [3.05, 3.63) is 53.6 Å². The molecule has 0 aromatic heterocycles. The Morgan fingerprint density at radius 2 is 1.19 bits per heavy atom. The molecule has 0 radical (unpaired) electrons. The SMILES string of the molecule is COCO[C@@H]([C@@H](C)/C=C\[C@H](C[C@@H]1O[C@H](O[Si](C)(C)C(C)(C)C)[C@H](C)[C@@H](O[Si](C)(C)C(C)(C)C)[C@H]1C)OCOC)[C@@H](C)/C=C(/C)C[C@H](C)[C@@H](O[Si](C)(C)C(C)(C)C)[C@H](C)[C@@H](OCc1ccc(OC)cc1)[C@@H](C)C=O. The van der Waals surface area contributed by atoms with Gasteiger partial charge in [-0.2, -0.15) is 0 Å². The van der Waals surface area contributed by atoms with E-state index in [1.54, 1.807) is 21.3 Å². The van der Waals surface area contributed by atoms with Crippen molar-refractivity contribution in [3.63, 3.8) is 0 Å². The quantitative estimate of drug-likeness (QED) is 0.0318. The number of ether oxygens (including phenoxy) is 7. The maximum Gasteiger partial charge on any atom is 0.195 e. The van der Waals surface area contributed by atoms with Crippen LogP contribution in [-0.2, 0) is 53.1 Å². The van der Waals surface area contributed by atoms with Crippen molar-refractivity contribution < 1.29 is 51.2 Å². The first-order chi connectivity index (χ1) is 33.5. The van der Waals surface area contributed by atoms with Gasteiger partial charge in [0.1, 0.15) is 25.6 Å². The Kier molecular flexibility index (Phi) is 26.7. The molecule has 1 saturated heterocycles. The molecular weight excluding hydrogens is 969 g/mol. The van der Waals surface area contributed by atoms with Gasteiger partial charge in [-0.15, -0.1) is 0 Å². The molecule has 1 aliphatic heterocycles. The fraction of sp³-hybridized carbons (Fsp3) is 0.814. The van der Waals surface area contributed by atoms with Crippen LogP contribution in [0.15, 0.2) is 48.1 Å². The molecule has 11 nitrogen and oxygen atoms in total. The van der Waals surface area contributed by atoms with E-state index in [0.717, 1.165) is 24.0 Å². The van der Waals surface area contributed by atoms with Gasteiger partial charge in [0.2, 0.25) is 0 Å². The van der Waals surface area contributed by atoms with E-state index in [1.165, 1.54) is 5.57 Å². The zero-order valence-electron chi connectivity index (χ0n) is 51.2. The monoisotopic (exact) mass is 1080 g/mol. The minimum absolute atomic E-state index is 0.00236. The summed E-state index contributed by atoms with van der Waals surface area (Å²) >= 11 is 0. The zero-order chi connectivity index (χ0) is 56.1. The van der Waals surface area contributed by atoms with Gasteiger partial charge in [0.25, 0.3) is 0 Å². The van der Waals surface area contributed by atoms with E-state index < -0.39 is 31.2 Å². The number of allylic oxidation sites excluding steroid dienone is 1. The predicted molar refractivity (Wildman–Crippen MR) is 308 cm³/mol. The highest BCUT2D eigenvalue weighted by Crippen LogP contribution is 2.46. The second-order valence-electron chi connectivity index (χ2n) is 26.5. The lowest BCUT2D eigenvalue weighted by Gasteiger charge is -2.51. The number of aldehydes is 1. The Bertz CT molecular complexity index is 1810. The maximum absolute atomic E-state index is 12.5. The third-order valence-electron chi connectivity index (χ3n) is 17.1. The molecule has 0 spiro atoms. The highest BCUT2D eigenvalue weighted by atomic mass is 28.4. The Morgan fingerprint density at radius 3 is 1.70 bits per heavy atom. The van der Waals surface area contributed by atoms with Crippen LogP contribution in [0.25, 0.3) is 0 Å². The summed E-state index contributed by atoms with van der Waals surface area (Å²) in [4.78, 5) is 12.5. The second kappa shape index (κ2) is 28.9. The van der Waals surface area contributed by atoms with Crippen molar-refractivity contribution >= 4 is 31.2 Å². The molecule has 1 heterocycles. The fourth-order valence-corrected chi connectivity index (χ4v) is 13.4. The van der Waals surface area contributed by atoms with Crippen molar-refractivity contribution in [2.45, 2.75) is 234 Å². The predicted octanol–water partition coefficient (Wildman–Crippen LogP) is 15.0. The molecule has 73 heavy (non-hydrogen) atoms. The number of benzene rings is 1. The van der Waals surface area contributed by atoms with Crippen LogP contribution in [0.2, 0.25) is 54.4 Å². The van der Waals surface area contributed by atoms with Gasteiger partial charge in [-0.3, -0.25) is 0 Å². The molecule has 424 valence electrons. The van der Waals surface area contributed by atoms with Crippen LogP contribution < -0.4 is 4.74 Å². The van der Waals surface area contributed by atoms with Crippen LogP contribution >= 0.6 is 0 Å². The van der Waals surface area contributed by atoms with Crippen LogP contribution in [0.3, 0.4) is 0 Å². The van der Waals surface area contributed by atoms with Crippen molar-refractivity contribution in [1.29, 1.82) is 0 Å². The molecule has 0 amide bonds. The Hall–Kier alpha value is -1.54. The average molecular weight is 1080 g/mol. The van der Waals surface area contributed by atoms with Gasteiger partial charge in [-0.1, -0.05) is 147 Å². The number of hydrogen-bond donors (Lipinski definition) is 0. The van der Waals surface area contributed by atoms with E-state index in [4.69, 9.17) is 46.4 Å². The lowest BCUT2D eigenvalue weighted by atomic mass is 9.81. The molecule has 14 heteroatoms. The summed E-state index contributed by atoms with van der Waals surface area (Å²) in [5, 5.41) is 0.0669. The summed E-state index contributed by atoms with van der Waals surface area (Å²) in [6.07, 6.45) is 7.56. The largest absolute Gasteiger partial charge is 0.497 e. The van der Waals surface area contributed by atoms with Gasteiger partial charge < -0.3 is 51.2 Å². The molecule has 2 rings (SSSR count). The molecule has 1 aliphatic rings. The summed E-state index contributed by atoms with van der Waals surface area (Å²) in [5.41, 5.74) is 2.27. The number of hydrogen-bond acceptors (Lipinski definition) is 11. The zero-order valence-corrected chi connectivity index (χ0v) is 54.2. The van der Waals surface area contributed by atoms with Crippen molar-refractivity contribution in [3.8, 4) is 5.75 Å². The minimum atomic E-state index is -2.26. The molecule has 0 aliphatic carbocycles. The molecule has 1 aromatic carbocycles. The third kappa shape index (κ3) is 20.0. The first-order valence-corrected chi connectivity index (χ1v) is 36.2. The minimum Gasteiger partial charge on any atom is -0.497 e. The average Bonchev–Trinajstić information content (AvgIpc) is 3.28. The molecule has 0 saturated carbocycles. The Morgan fingerprint density at radius 1 is 0.658 bits per heavy atom. The van der Waals surface area contributed by atoms with Crippen molar-refractivity contribution in [2.24, 2.45) is 41.4 Å². The fourth-order valence-electron chi connectivity index (χ4n) is 9.25. The van der Waals surface area contributed by atoms with Crippen LogP contribution in [0, 0.1) is 41.4 Å². The third-order valence-corrected chi connectivity index (χ3v) is 30.5. The van der Waals surface area contributed by atoms with E-state index in [0.29, 0.717) is 13.0 Å². The lowest BCUT2D eigenvalue weighted by Crippen LogP contribution is -2.58. The van der Waals surface area contributed by atoms with E-state index in [-0.39, 0.29) is 107 Å². The van der Waals surface area contributed by atoms with Gasteiger partial charge in [0, 0.05) is 56.1 Å². The number of rotatable bonds is 30. The summed E-state index contributed by atoms with van der Waals surface area (Å²) in [5.74, 6) is 0.706. The number of carbonyl (C=O) groups excluding carboxylic acids is 1. The first-order valence-electron chi connectivity index (χ1n) is 27.4. The Labute approximate surface area is 450 Å². The van der Waals surface area contributed by atoms with Gasteiger partial charge in [0.05, 0.1) is 50.3 Å². The molecule has 1 fully saturated rings. The maximum atomic E-state index is 12.5. The molecule has 1 aromatic rings. The highest BCUT2D eigenvalue weighted by molar-refractivity contribution is 6.75. The Balaban J connectivity index is 2.50. The molecule has 0 N–H and O–H groups in total. The van der Waals surface area contributed by atoms with Crippen LogP contribution in [-0.4, -0.2) is 109 Å². The number of carbonyl (C=O) groups is 1. The van der Waals surface area contributed by atoms with Gasteiger partial charge in [-0.25, -0.2) is 0 Å².